The topological polar surface area (TPSA) is 53.7 Å². The smallest absolute Gasteiger partial charge is 0.283 e. The highest BCUT2D eigenvalue weighted by atomic mass is 35.5. The summed E-state index contributed by atoms with van der Waals surface area (Å²) in [6.07, 6.45) is 5.97. The monoisotopic (exact) mass is 477 g/mol. The van der Waals surface area contributed by atoms with Gasteiger partial charge in [0, 0.05) is 59.6 Å². The molecule has 2 aliphatic rings. The molecule has 0 aliphatic carbocycles. The molecule has 0 radical (unpaired) electrons. The summed E-state index contributed by atoms with van der Waals surface area (Å²) in [5.41, 5.74) is 4.16. The Morgan fingerprint density at radius 2 is 1.88 bits per heavy atom. The number of nitrogens with zero attached hydrogens (tertiary/aromatic N) is 5. The van der Waals surface area contributed by atoms with Gasteiger partial charge in [-0.1, -0.05) is 29.8 Å². The minimum absolute atomic E-state index is 0.0944. The first-order chi connectivity index (χ1) is 16.1. The average molecular weight is 478 g/mol. The number of benzene rings is 1. The van der Waals surface area contributed by atoms with Crippen LogP contribution in [0, 0.1) is 6.92 Å². The van der Waals surface area contributed by atoms with Gasteiger partial charge < -0.3 is 9.30 Å². The van der Waals surface area contributed by atoms with E-state index in [1.165, 1.54) is 17.0 Å². The number of fused-ring (bicyclic) bond motifs is 3. The number of halogens is 1. The molecular weight excluding hydrogens is 454 g/mol. The second kappa shape index (κ2) is 8.24. The van der Waals surface area contributed by atoms with E-state index in [2.05, 4.69) is 25.4 Å². The molecule has 4 aromatic rings. The van der Waals surface area contributed by atoms with Gasteiger partial charge in [-0.25, -0.2) is 9.97 Å². The average Bonchev–Trinajstić information content (AvgIpc) is 3.48. The van der Waals surface area contributed by atoms with Crippen LogP contribution in [-0.4, -0.2) is 55.2 Å². The van der Waals surface area contributed by atoms with E-state index in [4.69, 9.17) is 16.6 Å². The van der Waals surface area contributed by atoms with Crippen molar-refractivity contribution in [1.82, 2.24) is 24.2 Å². The summed E-state index contributed by atoms with van der Waals surface area (Å²) in [5, 5.41) is 1.33. The molecule has 2 fully saturated rings. The number of carbonyl (C=O) groups is 1. The summed E-state index contributed by atoms with van der Waals surface area (Å²) in [4.78, 5) is 28.1. The molecule has 2 unspecified atom stereocenters. The fourth-order valence-electron chi connectivity index (χ4n) is 5.26. The normalized spacial score (nSPS) is 20.6. The van der Waals surface area contributed by atoms with Gasteiger partial charge in [0.05, 0.1) is 11.4 Å². The van der Waals surface area contributed by atoms with Crippen molar-refractivity contribution in [2.45, 2.75) is 38.4 Å². The van der Waals surface area contributed by atoms with Crippen molar-refractivity contribution in [2.24, 2.45) is 0 Å². The van der Waals surface area contributed by atoms with Crippen LogP contribution in [0.1, 0.15) is 33.2 Å². The molecule has 2 bridgehead atoms. The van der Waals surface area contributed by atoms with Crippen molar-refractivity contribution in [3.63, 3.8) is 0 Å². The molecule has 33 heavy (non-hydrogen) atoms. The van der Waals surface area contributed by atoms with Crippen molar-refractivity contribution < 1.29 is 4.79 Å². The van der Waals surface area contributed by atoms with Crippen LogP contribution in [0.4, 0.5) is 0 Å². The number of aryl methyl sites for hydroxylation is 1. The lowest BCUT2D eigenvalue weighted by Crippen LogP contribution is -2.55. The Kier molecular flexibility index (Phi) is 5.20. The minimum Gasteiger partial charge on any atom is -0.328 e. The van der Waals surface area contributed by atoms with Crippen LogP contribution in [0.25, 0.3) is 16.9 Å². The van der Waals surface area contributed by atoms with Crippen LogP contribution < -0.4 is 0 Å². The largest absolute Gasteiger partial charge is 0.328 e. The summed E-state index contributed by atoms with van der Waals surface area (Å²) in [5.74, 6) is 0.0944. The zero-order valence-electron chi connectivity index (χ0n) is 18.3. The number of likely N-dealkylation sites (tertiary alicyclic amines) is 1. The van der Waals surface area contributed by atoms with Crippen molar-refractivity contribution in [1.29, 1.82) is 0 Å². The molecule has 1 amide bonds. The number of carbonyl (C=O) groups excluding carboxylic acids is 1. The Morgan fingerprint density at radius 3 is 2.58 bits per heavy atom. The molecule has 3 aromatic heterocycles. The third-order valence-electron chi connectivity index (χ3n) is 6.72. The van der Waals surface area contributed by atoms with E-state index >= 15 is 0 Å². The third kappa shape index (κ3) is 3.74. The number of imidazole rings is 1. The van der Waals surface area contributed by atoms with Crippen LogP contribution in [-0.2, 0) is 6.54 Å². The number of aromatic nitrogens is 3. The number of hydrogen-bond donors (Lipinski definition) is 0. The van der Waals surface area contributed by atoms with Gasteiger partial charge in [-0.05, 0) is 44.0 Å². The standard InChI is InChI=1S/C25H24ClN5OS/c1-16-12-27-24(33-16)25(32)31-19-9-10-20(31)14-29(13-19)15-21-23(17-5-7-18(26)8-6-17)28-22-4-2-3-11-30(21)22/h2-8,11-12,19-20H,9-10,13-15H2,1H3. The summed E-state index contributed by atoms with van der Waals surface area (Å²) < 4.78 is 2.18. The SMILES string of the molecule is Cc1cnc(C(=O)N2C3CCC2CN(Cc2c(-c4ccc(Cl)cc4)nc4ccccn24)C3)s1. The first-order valence-corrected chi connectivity index (χ1v) is 12.5. The molecule has 2 saturated heterocycles. The molecule has 6 rings (SSSR count). The Morgan fingerprint density at radius 1 is 1.12 bits per heavy atom. The lowest BCUT2D eigenvalue weighted by atomic mass is 10.1. The lowest BCUT2D eigenvalue weighted by molar-refractivity contribution is 0.0402. The highest BCUT2D eigenvalue weighted by Crippen LogP contribution is 2.34. The Bertz CT molecular complexity index is 1320. The van der Waals surface area contributed by atoms with Gasteiger partial charge in [-0.15, -0.1) is 11.3 Å². The Labute approximate surface area is 201 Å². The summed E-state index contributed by atoms with van der Waals surface area (Å²) in [7, 11) is 0. The molecule has 8 heteroatoms. The van der Waals surface area contributed by atoms with Gasteiger partial charge in [0.2, 0.25) is 0 Å². The fourth-order valence-corrected chi connectivity index (χ4v) is 6.10. The zero-order chi connectivity index (χ0) is 22.5. The molecule has 1 aromatic carbocycles. The van der Waals surface area contributed by atoms with Crippen LogP contribution in [0.3, 0.4) is 0 Å². The van der Waals surface area contributed by atoms with E-state index in [1.54, 1.807) is 6.20 Å². The molecule has 0 spiro atoms. The van der Waals surface area contributed by atoms with E-state index in [1.807, 2.05) is 49.4 Å². The van der Waals surface area contributed by atoms with Crippen LogP contribution >= 0.6 is 22.9 Å². The first-order valence-electron chi connectivity index (χ1n) is 11.3. The van der Waals surface area contributed by atoms with Crippen LogP contribution in [0.5, 0.6) is 0 Å². The Hall–Kier alpha value is -2.74. The van der Waals surface area contributed by atoms with Gasteiger partial charge >= 0.3 is 0 Å². The number of amides is 1. The maximum atomic E-state index is 13.2. The van der Waals surface area contributed by atoms with Gasteiger partial charge in [-0.2, -0.15) is 0 Å². The van der Waals surface area contributed by atoms with E-state index in [0.717, 1.165) is 59.3 Å². The van der Waals surface area contributed by atoms with Crippen molar-refractivity contribution in [3.05, 3.63) is 75.5 Å². The number of thiazole rings is 1. The maximum Gasteiger partial charge on any atom is 0.283 e. The molecule has 0 saturated carbocycles. The molecule has 168 valence electrons. The number of hydrogen-bond acceptors (Lipinski definition) is 5. The van der Waals surface area contributed by atoms with Crippen LogP contribution in [0.2, 0.25) is 5.02 Å². The van der Waals surface area contributed by atoms with Gasteiger partial charge in [0.25, 0.3) is 5.91 Å². The van der Waals surface area contributed by atoms with Gasteiger partial charge in [0.15, 0.2) is 5.01 Å². The molecule has 2 atom stereocenters. The highest BCUT2D eigenvalue weighted by molar-refractivity contribution is 7.13. The molecule has 5 heterocycles. The minimum atomic E-state index is 0.0944. The quantitative estimate of drug-likeness (QED) is 0.419. The second-order valence-corrected chi connectivity index (χ2v) is 10.6. The summed E-state index contributed by atoms with van der Waals surface area (Å²) in [6.45, 7) is 4.52. The van der Waals surface area contributed by atoms with Crippen molar-refractivity contribution in [3.8, 4) is 11.3 Å². The van der Waals surface area contributed by atoms with Gasteiger partial charge in [-0.3, -0.25) is 9.69 Å². The summed E-state index contributed by atoms with van der Waals surface area (Å²) in [6, 6.07) is 14.5. The number of pyridine rings is 1. The number of rotatable bonds is 4. The predicted molar refractivity (Wildman–Crippen MR) is 131 cm³/mol. The molecule has 2 aliphatic heterocycles. The molecular formula is C25H24ClN5OS. The fraction of sp³-hybridized carbons (Fsp3) is 0.320. The molecule has 0 N–H and O–H groups in total. The predicted octanol–water partition coefficient (Wildman–Crippen LogP) is 4.91. The zero-order valence-corrected chi connectivity index (χ0v) is 19.9. The van der Waals surface area contributed by atoms with E-state index in [0.29, 0.717) is 5.01 Å². The van der Waals surface area contributed by atoms with E-state index < -0.39 is 0 Å². The third-order valence-corrected chi connectivity index (χ3v) is 7.87. The van der Waals surface area contributed by atoms with Gasteiger partial charge in [0.1, 0.15) is 5.65 Å². The van der Waals surface area contributed by atoms with Crippen molar-refractivity contribution in [2.75, 3.05) is 13.1 Å². The van der Waals surface area contributed by atoms with E-state index in [9.17, 15) is 4.79 Å². The molecule has 6 nitrogen and oxygen atoms in total. The Balaban J connectivity index is 1.28. The second-order valence-electron chi connectivity index (χ2n) is 8.91. The number of piperazine rings is 1. The van der Waals surface area contributed by atoms with Crippen LogP contribution in [0.15, 0.2) is 54.9 Å². The maximum absolute atomic E-state index is 13.2. The van der Waals surface area contributed by atoms with E-state index in [-0.39, 0.29) is 18.0 Å². The highest BCUT2D eigenvalue weighted by Gasteiger charge is 2.43. The van der Waals surface area contributed by atoms with Crippen molar-refractivity contribution >= 4 is 34.5 Å². The lowest BCUT2D eigenvalue weighted by Gasteiger charge is -2.40. The first kappa shape index (κ1) is 20.8. The summed E-state index contributed by atoms with van der Waals surface area (Å²) >= 11 is 7.62.